The highest BCUT2D eigenvalue weighted by atomic mass is 32.2. The highest BCUT2D eigenvalue weighted by Crippen LogP contribution is 2.12. The molecule has 0 saturated carbocycles. The fourth-order valence-electron chi connectivity index (χ4n) is 3.57. The third kappa shape index (κ3) is 45.6. The quantitative estimate of drug-likeness (QED) is 0.0227. The number of thiol groups is 1. The molecule has 0 aliphatic rings. The van der Waals surface area contributed by atoms with Crippen LogP contribution in [-0.2, 0) is 38.1 Å². The first-order chi connectivity index (χ1) is 27.8. The fourth-order valence-corrected chi connectivity index (χ4v) is 5.80. The van der Waals surface area contributed by atoms with Gasteiger partial charge in [-0.25, -0.2) is 28.8 Å². The minimum atomic E-state index is -1.05. The molecule has 0 aromatic heterocycles. The molecule has 0 unspecified atom stereocenters. The molecule has 0 bridgehead atoms. The van der Waals surface area contributed by atoms with E-state index in [1.807, 2.05) is 18.2 Å². The van der Waals surface area contributed by atoms with Crippen molar-refractivity contribution >= 4 is 72.3 Å². The molecular weight excluding hydrogens is 835 g/mol. The van der Waals surface area contributed by atoms with E-state index in [0.29, 0.717) is 11.5 Å². The van der Waals surface area contributed by atoms with E-state index in [0.717, 1.165) is 37.2 Å². The van der Waals surface area contributed by atoms with E-state index in [9.17, 15) is 28.8 Å². The summed E-state index contributed by atoms with van der Waals surface area (Å²) in [4.78, 5) is 68.2. The van der Waals surface area contributed by atoms with Crippen molar-refractivity contribution in [1.29, 1.82) is 0 Å². The smallest absolute Gasteiger partial charge is 0.408 e. The van der Waals surface area contributed by atoms with Crippen LogP contribution in [-0.4, -0.2) is 119 Å². The maximum atomic E-state index is 11.7. The van der Waals surface area contributed by atoms with Crippen molar-refractivity contribution in [1.82, 2.24) is 16.0 Å². The monoisotopic (exact) mass is 911 g/mol. The van der Waals surface area contributed by atoms with E-state index in [1.54, 1.807) is 74.1 Å². The van der Waals surface area contributed by atoms with Gasteiger partial charge in [0.2, 0.25) is 0 Å². The number of thioether (sulfide) groups is 2. The molecule has 0 aromatic rings. The number of carbonyl (C=O) groups is 6. The van der Waals surface area contributed by atoms with Gasteiger partial charge in [-0.05, 0) is 106 Å². The Bertz CT molecular complexity index is 1250. The molecule has 0 aliphatic heterocycles. The largest absolute Gasteiger partial charge is 0.480 e. The maximum absolute atomic E-state index is 11.7. The first kappa shape index (κ1) is 63.1. The molecule has 18 heteroatoms. The Hall–Kier alpha value is -3.51. The number of carboxylic acid groups (broad SMARTS) is 1. The lowest BCUT2D eigenvalue weighted by atomic mass is 10.2. The van der Waals surface area contributed by atoms with Crippen LogP contribution in [0.15, 0.2) is 38.0 Å². The minimum Gasteiger partial charge on any atom is -0.480 e. The number of allylic oxidation sites excluding steroid dienone is 3. The number of carboxylic acids is 1. The van der Waals surface area contributed by atoms with Crippen molar-refractivity contribution < 1.29 is 57.6 Å². The zero-order chi connectivity index (χ0) is 47.4. The van der Waals surface area contributed by atoms with E-state index in [4.69, 9.17) is 19.3 Å². The summed E-state index contributed by atoms with van der Waals surface area (Å²) in [7, 11) is 2.55. The average Bonchev–Trinajstić information content (AvgIpc) is 3.12. The van der Waals surface area contributed by atoms with Crippen molar-refractivity contribution in [2.75, 3.05) is 43.0 Å². The summed E-state index contributed by atoms with van der Waals surface area (Å²) < 4.78 is 24.3. The second-order valence-corrected chi connectivity index (χ2v) is 18.3. The second-order valence-electron chi connectivity index (χ2n) is 15.6. The molecular formula is C42H77N3O12S3. The number of carbonyl (C=O) groups excluding carboxylic acids is 5. The van der Waals surface area contributed by atoms with Crippen LogP contribution < -0.4 is 16.0 Å². The summed E-state index contributed by atoms with van der Waals surface area (Å²) in [6.45, 7) is 28.7. The van der Waals surface area contributed by atoms with Gasteiger partial charge in [0.15, 0.2) is 0 Å². The SMILES string of the molecule is C=CCCCC.C=CCCCSC[C@H](NC(=O)OC(C)(C)C)C(=O)O.C=CCCCSC[C@H](NC(=O)OC(C)(C)C)C(=O)OC.COC(=O)[C@H](CS)NC(=O)OC(C)(C)C. The molecule has 3 atom stereocenters. The highest BCUT2D eigenvalue weighted by Gasteiger charge is 2.26. The average molecular weight is 912 g/mol. The molecule has 15 nitrogen and oxygen atoms in total. The summed E-state index contributed by atoms with van der Waals surface area (Å²) in [6.07, 6.45) is 11.2. The van der Waals surface area contributed by atoms with Crippen molar-refractivity contribution in [3.05, 3.63) is 38.0 Å². The second kappa shape index (κ2) is 37.3. The standard InChI is InChI=1S/C14H25NO4S.C13H23NO4S.C9H17NO4S.C6H12/c1-6-7-8-9-20-10-11(12(16)18-5)15-13(17)19-14(2,3)4;1-5-6-7-8-19-9-10(11(15)16)14-12(17)18-13(2,3)4;1-9(2,3)14-8(12)10-6(5-15)7(11)13-4;1-3-5-6-4-2/h6,11H,1,7-10H2,2-5H3,(H,15,17);5,10H,1,6-9H2,2-4H3,(H,14,17)(H,15,16);6,15H,5H2,1-4H3,(H,10,12);3H,1,4-6H2,2H3/t11-;10-;6-;/m000./s1. The number of amides is 3. The number of aliphatic carboxylic acids is 1. The summed E-state index contributed by atoms with van der Waals surface area (Å²) in [5.74, 6) is 0.618. The number of methoxy groups -OCH3 is 2. The molecule has 350 valence electrons. The van der Waals surface area contributed by atoms with Crippen LogP contribution in [0.5, 0.6) is 0 Å². The number of esters is 2. The first-order valence-electron chi connectivity index (χ1n) is 19.7. The predicted octanol–water partition coefficient (Wildman–Crippen LogP) is 8.76. The lowest BCUT2D eigenvalue weighted by Gasteiger charge is -2.22. The molecule has 0 spiro atoms. The Morgan fingerprint density at radius 1 is 0.600 bits per heavy atom. The summed E-state index contributed by atoms with van der Waals surface area (Å²) in [6, 6.07) is -2.40. The van der Waals surface area contributed by atoms with Gasteiger partial charge < -0.3 is 44.7 Å². The molecule has 0 radical (unpaired) electrons. The molecule has 0 aliphatic carbocycles. The Balaban J connectivity index is -0.000000369. The van der Waals surface area contributed by atoms with Crippen molar-refractivity contribution in [3.63, 3.8) is 0 Å². The Labute approximate surface area is 374 Å². The van der Waals surface area contributed by atoms with E-state index in [-0.39, 0.29) is 5.75 Å². The van der Waals surface area contributed by atoms with Crippen LogP contribution in [0.4, 0.5) is 14.4 Å². The third-order valence-electron chi connectivity index (χ3n) is 6.25. The van der Waals surface area contributed by atoms with Crippen molar-refractivity contribution in [3.8, 4) is 0 Å². The van der Waals surface area contributed by atoms with Crippen LogP contribution in [0, 0.1) is 0 Å². The summed E-state index contributed by atoms with van der Waals surface area (Å²) >= 11 is 7.00. The lowest BCUT2D eigenvalue weighted by Crippen LogP contribution is -2.45. The van der Waals surface area contributed by atoms with Crippen LogP contribution in [0.25, 0.3) is 0 Å². The van der Waals surface area contributed by atoms with Gasteiger partial charge in [0, 0.05) is 17.3 Å². The molecule has 3 amide bonds. The van der Waals surface area contributed by atoms with Crippen molar-refractivity contribution in [2.45, 2.75) is 149 Å². The number of unbranched alkanes of at least 4 members (excludes halogenated alkanes) is 4. The van der Waals surface area contributed by atoms with E-state index < -0.39 is 71.1 Å². The number of ether oxygens (including phenoxy) is 5. The van der Waals surface area contributed by atoms with Gasteiger partial charge in [0.1, 0.15) is 34.9 Å². The predicted molar refractivity (Wildman–Crippen MR) is 248 cm³/mol. The van der Waals surface area contributed by atoms with E-state index >= 15 is 0 Å². The Kier molecular flexibility index (Phi) is 39.2. The minimum absolute atomic E-state index is 0.159. The number of nitrogens with one attached hydrogen (secondary N) is 3. The van der Waals surface area contributed by atoms with Gasteiger partial charge >= 0.3 is 36.2 Å². The van der Waals surface area contributed by atoms with Crippen LogP contribution in [0.1, 0.15) is 114 Å². The lowest BCUT2D eigenvalue weighted by molar-refractivity contribution is -0.143. The first-order valence-corrected chi connectivity index (χ1v) is 22.7. The molecule has 0 fully saturated rings. The van der Waals surface area contributed by atoms with Crippen LogP contribution in [0.3, 0.4) is 0 Å². The zero-order valence-electron chi connectivity index (χ0n) is 38.3. The van der Waals surface area contributed by atoms with Gasteiger partial charge in [0.25, 0.3) is 0 Å². The van der Waals surface area contributed by atoms with Crippen LogP contribution in [0.2, 0.25) is 0 Å². The molecule has 0 aromatic carbocycles. The molecule has 0 saturated heterocycles. The molecule has 60 heavy (non-hydrogen) atoms. The van der Waals surface area contributed by atoms with E-state index in [2.05, 4.69) is 64.7 Å². The van der Waals surface area contributed by atoms with Gasteiger partial charge in [-0.3, -0.25) is 0 Å². The number of alkyl carbamates (subject to hydrolysis) is 3. The molecule has 0 rings (SSSR count). The summed E-state index contributed by atoms with van der Waals surface area (Å²) in [5.41, 5.74) is -1.83. The topological polar surface area (TPSA) is 205 Å². The molecule has 4 N–H and O–H groups in total. The summed E-state index contributed by atoms with van der Waals surface area (Å²) in [5, 5.41) is 16.3. The van der Waals surface area contributed by atoms with Gasteiger partial charge in [0.05, 0.1) is 14.2 Å². The number of hydrogen-bond donors (Lipinski definition) is 5. The number of hydrogen-bond acceptors (Lipinski definition) is 14. The van der Waals surface area contributed by atoms with Gasteiger partial charge in [-0.15, -0.1) is 19.7 Å². The Morgan fingerprint density at radius 2 is 0.917 bits per heavy atom. The highest BCUT2D eigenvalue weighted by molar-refractivity contribution is 7.99. The maximum Gasteiger partial charge on any atom is 0.408 e. The Morgan fingerprint density at radius 3 is 1.20 bits per heavy atom. The number of rotatable bonds is 22. The third-order valence-corrected chi connectivity index (χ3v) is 8.91. The van der Waals surface area contributed by atoms with Crippen molar-refractivity contribution in [2.24, 2.45) is 0 Å². The van der Waals surface area contributed by atoms with E-state index in [1.165, 1.54) is 45.2 Å². The fraction of sp³-hybridized carbons (Fsp3) is 0.714. The molecule has 0 heterocycles. The van der Waals surface area contributed by atoms with Crippen LogP contribution >= 0.6 is 36.2 Å². The zero-order valence-corrected chi connectivity index (χ0v) is 40.8. The van der Waals surface area contributed by atoms with Gasteiger partial charge in [-0.2, -0.15) is 36.2 Å². The van der Waals surface area contributed by atoms with Gasteiger partial charge in [-0.1, -0.05) is 38.0 Å². The normalized spacial score (nSPS) is 12.2.